The number of halogens is 2. The Morgan fingerprint density at radius 2 is 1.83 bits per heavy atom. The van der Waals surface area contributed by atoms with Crippen LogP contribution in [0, 0.1) is 19.7 Å². The Balaban J connectivity index is 1.81. The number of nitrogens with one attached hydrogen (secondary N) is 2. The Morgan fingerprint density at radius 1 is 1.15 bits per heavy atom. The third-order valence-corrected chi connectivity index (χ3v) is 7.92. The quantitative estimate of drug-likeness (QED) is 0.269. The van der Waals surface area contributed by atoms with Crippen molar-refractivity contribution in [1.82, 2.24) is 20.5 Å². The number of aromatic nitrogens is 1. The maximum absolute atomic E-state index is 14.7. The van der Waals surface area contributed by atoms with Crippen LogP contribution < -0.4 is 15.9 Å². The summed E-state index contributed by atoms with van der Waals surface area (Å²) in [6, 6.07) is 12.3. The van der Waals surface area contributed by atoms with Gasteiger partial charge in [-0.1, -0.05) is 51.7 Å². The second kappa shape index (κ2) is 14.4. The van der Waals surface area contributed by atoms with Gasteiger partial charge in [-0.05, 0) is 44.1 Å². The molecule has 3 rings (SSSR count). The third-order valence-electron chi connectivity index (χ3n) is 6.12. The molecule has 0 aliphatic heterocycles. The average Bonchev–Trinajstić information content (AvgIpc) is 3.24. The van der Waals surface area contributed by atoms with Gasteiger partial charge >= 0.3 is 0 Å². The van der Waals surface area contributed by atoms with E-state index in [1.54, 1.807) is 44.2 Å². The number of carbonyl (C=O) groups is 3. The van der Waals surface area contributed by atoms with Crippen LogP contribution in [0.1, 0.15) is 38.4 Å². The number of nitrogens with zero attached hydrogens (tertiary/aromatic N) is 2. The van der Waals surface area contributed by atoms with Crippen LogP contribution in [0.3, 0.4) is 0 Å². The molecule has 1 aromatic heterocycles. The van der Waals surface area contributed by atoms with Gasteiger partial charge in [0.25, 0.3) is 11.8 Å². The molecule has 0 bridgehead atoms. The van der Waals surface area contributed by atoms with Crippen LogP contribution in [-0.2, 0) is 22.6 Å². The Hall–Kier alpha value is -2.84. The molecule has 5 unspecified atom stereocenters. The fourth-order valence-electron chi connectivity index (χ4n) is 4.21. The second-order valence-corrected chi connectivity index (χ2v) is 12.9. The number of carbonyl (C=O) groups excluding carboxylic acids is 3. The van der Waals surface area contributed by atoms with E-state index in [0.717, 1.165) is 10.5 Å². The van der Waals surface area contributed by atoms with E-state index in [9.17, 15) is 28.3 Å². The summed E-state index contributed by atoms with van der Waals surface area (Å²) >= 11 is 1.19. The van der Waals surface area contributed by atoms with Crippen molar-refractivity contribution < 1.29 is 28.3 Å². The van der Waals surface area contributed by atoms with Gasteiger partial charge in [0.15, 0.2) is 6.10 Å². The minimum Gasteiger partial charge on any atom is -0.381 e. The molecule has 41 heavy (non-hydrogen) atoms. The number of hydrogen-bond donors (Lipinski definition) is 3. The summed E-state index contributed by atoms with van der Waals surface area (Å²) < 4.78 is 28.9. The van der Waals surface area contributed by atoms with Gasteiger partial charge in [0.2, 0.25) is 5.91 Å². The molecule has 0 fully saturated rings. The van der Waals surface area contributed by atoms with E-state index in [-0.39, 0.29) is 18.5 Å². The van der Waals surface area contributed by atoms with Crippen LogP contribution in [0.5, 0.6) is 0 Å². The Bertz CT molecular complexity index is 1360. The van der Waals surface area contributed by atoms with Crippen LogP contribution in [0.15, 0.2) is 48.5 Å². The highest BCUT2D eigenvalue weighted by Crippen LogP contribution is 2.22. The van der Waals surface area contributed by atoms with E-state index in [1.165, 1.54) is 30.4 Å². The smallest absolute Gasteiger partial charge is 0.263 e. The minimum absolute atomic E-state index is 0.0916. The van der Waals surface area contributed by atoms with Crippen molar-refractivity contribution >= 4 is 52.8 Å². The number of aliphatic hydroxyl groups is 1. The van der Waals surface area contributed by atoms with E-state index in [0.29, 0.717) is 20.9 Å². The lowest BCUT2D eigenvalue weighted by Gasteiger charge is -2.32. The number of hydrogen-bond acceptors (Lipinski definition) is 6. The Kier molecular flexibility index (Phi) is 11.4. The van der Waals surface area contributed by atoms with Crippen molar-refractivity contribution in [2.24, 2.45) is 0 Å². The first-order valence-electron chi connectivity index (χ1n) is 12.8. The number of thiazole rings is 1. The molecule has 8 nitrogen and oxygen atoms in total. The molecule has 220 valence electrons. The summed E-state index contributed by atoms with van der Waals surface area (Å²) in [7, 11) is 4.34. The number of alkyl halides is 1. The number of rotatable bonds is 12. The van der Waals surface area contributed by atoms with Gasteiger partial charge in [0, 0.05) is 12.1 Å². The summed E-state index contributed by atoms with van der Waals surface area (Å²) in [4.78, 5) is 45.0. The highest BCUT2D eigenvalue weighted by Gasteiger charge is 2.35. The molecule has 0 saturated heterocycles. The van der Waals surface area contributed by atoms with Gasteiger partial charge < -0.3 is 20.6 Å². The first-order chi connectivity index (χ1) is 19.2. The molecule has 1 heterocycles. The van der Waals surface area contributed by atoms with E-state index in [2.05, 4.69) is 24.9 Å². The van der Waals surface area contributed by atoms with Gasteiger partial charge in [-0.3, -0.25) is 14.4 Å². The monoisotopic (exact) mass is 622 g/mol. The molecule has 0 spiro atoms. The van der Waals surface area contributed by atoms with Crippen molar-refractivity contribution in [3.05, 3.63) is 81.1 Å². The molecule has 3 amide bonds. The zero-order valence-electron chi connectivity index (χ0n) is 23.0. The lowest BCUT2D eigenvalue weighted by molar-refractivity contribution is -0.145. The van der Waals surface area contributed by atoms with E-state index in [1.807, 2.05) is 15.3 Å². The average molecular weight is 623 g/mol. The molecule has 0 saturated carbocycles. The zero-order chi connectivity index (χ0) is 30.3. The van der Waals surface area contributed by atoms with E-state index in [4.69, 9.17) is 0 Å². The molecule has 5 atom stereocenters. The van der Waals surface area contributed by atoms with Gasteiger partial charge in [0.05, 0.1) is 29.8 Å². The number of aliphatic hydroxyl groups excluding tert-OH is 1. The Morgan fingerprint density at radius 3 is 2.41 bits per heavy atom. The SMILES string of the molecule is Cc1nc(C)c(C(=O)NC(Cc2ccccc2)C(O)C(=O)N(CC(=O)NCc2c(F)cccc2P)CC(C)(F)P)s1. The molecular weight excluding hydrogens is 588 g/mol. The fraction of sp³-hybridized carbons (Fsp3) is 0.357. The highest BCUT2D eigenvalue weighted by molar-refractivity contribution is 7.27. The van der Waals surface area contributed by atoms with Crippen LogP contribution in [0.25, 0.3) is 0 Å². The van der Waals surface area contributed by atoms with Crippen LogP contribution >= 0.6 is 29.8 Å². The van der Waals surface area contributed by atoms with Gasteiger partial charge in [-0.15, -0.1) is 20.6 Å². The minimum atomic E-state index is -1.98. The molecule has 13 heteroatoms. The van der Waals surface area contributed by atoms with Crippen LogP contribution in [-0.4, -0.2) is 63.4 Å². The molecule has 0 radical (unpaired) electrons. The molecule has 2 aromatic carbocycles. The van der Waals surface area contributed by atoms with Crippen molar-refractivity contribution in [2.45, 2.75) is 51.3 Å². The standard InChI is InChI=1S/C28H34F2N4O4P2S/c1-16-25(41-17(2)32-16)26(37)33-21(12-18-8-5-4-6-9-18)24(36)27(38)34(15-28(3,30)40)14-23(35)31-13-19-20(29)10-7-11-22(19)39/h4-11,21,24,36H,12-15,39-40H2,1-3H3,(H,31,35)(H,33,37). The molecule has 3 aromatic rings. The number of amides is 3. The van der Waals surface area contributed by atoms with Gasteiger partial charge in [-0.2, -0.15) is 0 Å². The third kappa shape index (κ3) is 9.60. The van der Waals surface area contributed by atoms with Gasteiger partial charge in [0.1, 0.15) is 16.1 Å². The maximum atomic E-state index is 14.7. The first-order valence-corrected chi connectivity index (χ1v) is 14.8. The van der Waals surface area contributed by atoms with Crippen LogP contribution in [0.2, 0.25) is 0 Å². The summed E-state index contributed by atoms with van der Waals surface area (Å²) in [5.74, 6) is -2.63. The van der Waals surface area contributed by atoms with E-state index >= 15 is 0 Å². The maximum Gasteiger partial charge on any atom is 0.263 e. The largest absolute Gasteiger partial charge is 0.381 e. The predicted molar refractivity (Wildman–Crippen MR) is 162 cm³/mol. The zero-order valence-corrected chi connectivity index (χ0v) is 26.1. The van der Waals surface area contributed by atoms with Crippen LogP contribution in [0.4, 0.5) is 8.78 Å². The van der Waals surface area contributed by atoms with Crippen molar-refractivity contribution in [2.75, 3.05) is 13.1 Å². The molecule has 0 aliphatic rings. The summed E-state index contributed by atoms with van der Waals surface area (Å²) in [6.07, 6.45) is -1.72. The molecule has 3 N–H and O–H groups in total. The van der Waals surface area contributed by atoms with Crippen molar-refractivity contribution in [3.8, 4) is 0 Å². The summed E-state index contributed by atoms with van der Waals surface area (Å²) in [6.45, 7) is 3.39. The lowest BCUT2D eigenvalue weighted by Crippen LogP contribution is -2.55. The Labute approximate surface area is 246 Å². The number of benzene rings is 2. The van der Waals surface area contributed by atoms with Crippen molar-refractivity contribution in [3.63, 3.8) is 0 Å². The molecule has 0 aliphatic carbocycles. The topological polar surface area (TPSA) is 112 Å². The lowest BCUT2D eigenvalue weighted by atomic mass is 9.99. The van der Waals surface area contributed by atoms with Gasteiger partial charge in [-0.25, -0.2) is 13.8 Å². The second-order valence-electron chi connectivity index (χ2n) is 9.92. The summed E-state index contributed by atoms with van der Waals surface area (Å²) in [5, 5.41) is 15.8. The fourth-order valence-corrected chi connectivity index (χ4v) is 5.60. The molecular formula is C28H34F2N4O4P2S. The first kappa shape index (κ1) is 32.7. The van der Waals surface area contributed by atoms with Crippen molar-refractivity contribution in [1.29, 1.82) is 0 Å². The predicted octanol–water partition coefficient (Wildman–Crippen LogP) is 2.81. The highest BCUT2D eigenvalue weighted by atomic mass is 32.1. The summed E-state index contributed by atoms with van der Waals surface area (Å²) in [5.41, 5.74) is 1.51. The normalized spacial score (nSPS) is 14.0. The van der Waals surface area contributed by atoms with E-state index < -0.39 is 54.2 Å². The number of aryl methyl sites for hydroxylation is 2.